The van der Waals surface area contributed by atoms with E-state index in [1.807, 2.05) is 5.38 Å². The fourth-order valence-electron chi connectivity index (χ4n) is 1.48. The zero-order valence-corrected chi connectivity index (χ0v) is 14.5. The van der Waals surface area contributed by atoms with Crippen LogP contribution in [0, 0.1) is 0 Å². The molecule has 0 aliphatic carbocycles. The van der Waals surface area contributed by atoms with Crippen molar-refractivity contribution in [3.05, 3.63) is 44.3 Å². The van der Waals surface area contributed by atoms with Gasteiger partial charge in [-0.05, 0) is 34.1 Å². The maximum atomic E-state index is 12.1. The van der Waals surface area contributed by atoms with E-state index in [0.717, 1.165) is 10.2 Å². The normalized spacial score (nSPS) is 11.4. The lowest BCUT2D eigenvalue weighted by molar-refractivity contribution is 0.102. The van der Waals surface area contributed by atoms with Gasteiger partial charge in [-0.3, -0.25) is 10.1 Å². The molecular formula is C14H14BrClN2OS. The lowest BCUT2D eigenvalue weighted by Gasteiger charge is -2.14. The number of hydrogen-bond donors (Lipinski definition) is 1. The van der Waals surface area contributed by atoms with Crippen molar-refractivity contribution in [2.24, 2.45) is 0 Å². The Morgan fingerprint density at radius 1 is 1.40 bits per heavy atom. The van der Waals surface area contributed by atoms with E-state index in [-0.39, 0.29) is 11.3 Å². The summed E-state index contributed by atoms with van der Waals surface area (Å²) in [6.07, 6.45) is 0. The predicted molar refractivity (Wildman–Crippen MR) is 87.9 cm³/mol. The van der Waals surface area contributed by atoms with E-state index in [9.17, 15) is 4.79 Å². The van der Waals surface area contributed by atoms with Crippen molar-refractivity contribution in [3.8, 4) is 0 Å². The van der Waals surface area contributed by atoms with Crippen LogP contribution >= 0.6 is 38.9 Å². The summed E-state index contributed by atoms with van der Waals surface area (Å²) in [5, 5.41) is 5.86. The molecule has 0 aliphatic heterocycles. The molecule has 0 aliphatic rings. The summed E-state index contributed by atoms with van der Waals surface area (Å²) in [4.78, 5) is 16.5. The van der Waals surface area contributed by atoms with Gasteiger partial charge < -0.3 is 0 Å². The van der Waals surface area contributed by atoms with Gasteiger partial charge in [0.15, 0.2) is 5.13 Å². The van der Waals surface area contributed by atoms with Crippen LogP contribution in [0.15, 0.2) is 28.1 Å². The zero-order valence-electron chi connectivity index (χ0n) is 11.3. The molecule has 1 heterocycles. The largest absolute Gasteiger partial charge is 0.298 e. The van der Waals surface area contributed by atoms with Crippen molar-refractivity contribution in [1.82, 2.24) is 4.98 Å². The van der Waals surface area contributed by atoms with E-state index in [1.165, 1.54) is 11.3 Å². The minimum absolute atomic E-state index is 0.0274. The Kier molecular flexibility index (Phi) is 4.52. The smallest absolute Gasteiger partial charge is 0.257 e. The number of rotatable bonds is 2. The highest BCUT2D eigenvalue weighted by atomic mass is 79.9. The van der Waals surface area contributed by atoms with Gasteiger partial charge in [-0.1, -0.05) is 32.4 Å². The van der Waals surface area contributed by atoms with Crippen molar-refractivity contribution in [3.63, 3.8) is 0 Å². The maximum absolute atomic E-state index is 12.1. The molecule has 0 bridgehead atoms. The predicted octanol–water partition coefficient (Wildman–Crippen LogP) is 5.11. The Balaban J connectivity index is 2.15. The third kappa shape index (κ3) is 3.59. The molecule has 0 unspecified atom stereocenters. The molecule has 1 aromatic carbocycles. The standard InChI is InChI=1S/C14H14BrClN2OS/c1-14(2,3)11-7-20-13(17-11)18-12(19)8-4-5-9(15)10(16)6-8/h4-7H,1-3H3,(H,17,18,19). The fraction of sp³-hybridized carbons (Fsp3) is 0.286. The monoisotopic (exact) mass is 372 g/mol. The highest BCUT2D eigenvalue weighted by molar-refractivity contribution is 9.10. The lowest BCUT2D eigenvalue weighted by Crippen LogP contribution is -2.14. The van der Waals surface area contributed by atoms with E-state index in [4.69, 9.17) is 11.6 Å². The second-order valence-electron chi connectivity index (χ2n) is 5.37. The number of halogens is 2. The molecule has 0 atom stereocenters. The van der Waals surface area contributed by atoms with Crippen LogP contribution in [0.25, 0.3) is 0 Å². The Hall–Kier alpha value is -0.910. The maximum Gasteiger partial charge on any atom is 0.257 e. The molecule has 2 aromatic rings. The molecule has 0 spiro atoms. The average Bonchev–Trinajstić information content (AvgIpc) is 2.81. The van der Waals surface area contributed by atoms with Gasteiger partial charge in [0.2, 0.25) is 0 Å². The van der Waals surface area contributed by atoms with Crippen LogP contribution in [-0.2, 0) is 5.41 Å². The molecule has 0 radical (unpaired) electrons. The number of amides is 1. The van der Waals surface area contributed by atoms with Crippen molar-refractivity contribution < 1.29 is 4.79 Å². The van der Waals surface area contributed by atoms with Crippen LogP contribution in [0.1, 0.15) is 36.8 Å². The first-order chi connectivity index (χ1) is 9.27. The fourth-order valence-corrected chi connectivity index (χ4v) is 2.84. The summed E-state index contributed by atoms with van der Waals surface area (Å²) in [6, 6.07) is 5.09. The molecule has 0 saturated carbocycles. The number of aromatic nitrogens is 1. The van der Waals surface area contributed by atoms with Crippen molar-refractivity contribution in [1.29, 1.82) is 0 Å². The van der Waals surface area contributed by atoms with Crippen LogP contribution in [0.5, 0.6) is 0 Å². The van der Waals surface area contributed by atoms with Crippen molar-refractivity contribution in [2.45, 2.75) is 26.2 Å². The van der Waals surface area contributed by atoms with Gasteiger partial charge in [-0.25, -0.2) is 4.98 Å². The Bertz CT molecular complexity index is 649. The summed E-state index contributed by atoms with van der Waals surface area (Å²) >= 11 is 10.7. The molecule has 1 aromatic heterocycles. The Morgan fingerprint density at radius 2 is 2.10 bits per heavy atom. The van der Waals surface area contributed by atoms with Gasteiger partial charge in [0, 0.05) is 20.8 Å². The number of nitrogens with zero attached hydrogens (tertiary/aromatic N) is 1. The van der Waals surface area contributed by atoms with E-state index in [1.54, 1.807) is 18.2 Å². The topological polar surface area (TPSA) is 42.0 Å². The molecule has 2 rings (SSSR count). The second-order valence-corrected chi connectivity index (χ2v) is 7.49. The number of benzene rings is 1. The van der Waals surface area contributed by atoms with Gasteiger partial charge in [-0.2, -0.15) is 0 Å². The third-order valence-corrected chi connectivity index (χ3v) is 4.67. The van der Waals surface area contributed by atoms with Crippen LogP contribution in [0.3, 0.4) is 0 Å². The van der Waals surface area contributed by atoms with E-state index in [2.05, 4.69) is 47.0 Å². The van der Waals surface area contributed by atoms with Crippen molar-refractivity contribution >= 4 is 49.9 Å². The van der Waals surface area contributed by atoms with Crippen LogP contribution < -0.4 is 5.32 Å². The number of hydrogen-bond acceptors (Lipinski definition) is 3. The lowest BCUT2D eigenvalue weighted by atomic mass is 9.93. The highest BCUT2D eigenvalue weighted by Crippen LogP contribution is 2.27. The summed E-state index contributed by atoms with van der Waals surface area (Å²) in [7, 11) is 0. The molecule has 1 N–H and O–H groups in total. The Morgan fingerprint density at radius 3 is 2.65 bits per heavy atom. The first-order valence-corrected chi connectivity index (χ1v) is 8.05. The van der Waals surface area contributed by atoms with E-state index in [0.29, 0.717) is 15.7 Å². The van der Waals surface area contributed by atoms with Crippen LogP contribution in [0.2, 0.25) is 5.02 Å². The summed E-state index contributed by atoms with van der Waals surface area (Å²) < 4.78 is 0.764. The van der Waals surface area contributed by atoms with Crippen LogP contribution in [-0.4, -0.2) is 10.9 Å². The first-order valence-electron chi connectivity index (χ1n) is 6.00. The molecule has 0 saturated heterocycles. The van der Waals surface area contributed by atoms with Gasteiger partial charge in [-0.15, -0.1) is 11.3 Å². The third-order valence-electron chi connectivity index (χ3n) is 2.67. The minimum Gasteiger partial charge on any atom is -0.298 e. The van der Waals surface area contributed by atoms with Gasteiger partial charge in [0.25, 0.3) is 5.91 Å². The highest BCUT2D eigenvalue weighted by Gasteiger charge is 2.18. The molecule has 106 valence electrons. The molecule has 0 fully saturated rings. The van der Waals surface area contributed by atoms with E-state index >= 15 is 0 Å². The molecule has 20 heavy (non-hydrogen) atoms. The van der Waals surface area contributed by atoms with Crippen molar-refractivity contribution in [2.75, 3.05) is 5.32 Å². The molecule has 3 nitrogen and oxygen atoms in total. The first kappa shape index (κ1) is 15.5. The summed E-state index contributed by atoms with van der Waals surface area (Å²) in [5.41, 5.74) is 1.44. The molecular weight excluding hydrogens is 360 g/mol. The Labute approximate surface area is 135 Å². The zero-order chi connectivity index (χ0) is 14.9. The number of carbonyl (C=O) groups excluding carboxylic acids is 1. The SMILES string of the molecule is CC(C)(C)c1csc(NC(=O)c2ccc(Br)c(Cl)c2)n1. The molecule has 6 heteroatoms. The van der Waals surface area contributed by atoms with Gasteiger partial charge in [0.05, 0.1) is 10.7 Å². The minimum atomic E-state index is -0.214. The molecule has 1 amide bonds. The van der Waals surface area contributed by atoms with Gasteiger partial charge >= 0.3 is 0 Å². The summed E-state index contributed by atoms with van der Waals surface area (Å²) in [5.74, 6) is -0.214. The summed E-state index contributed by atoms with van der Waals surface area (Å²) in [6.45, 7) is 6.26. The quantitative estimate of drug-likeness (QED) is 0.795. The van der Waals surface area contributed by atoms with Crippen LogP contribution in [0.4, 0.5) is 5.13 Å². The number of anilines is 1. The number of thiazole rings is 1. The second kappa shape index (κ2) is 5.84. The van der Waals surface area contributed by atoms with E-state index < -0.39 is 0 Å². The van der Waals surface area contributed by atoms with Gasteiger partial charge in [0.1, 0.15) is 0 Å². The number of carbonyl (C=O) groups is 1. The number of nitrogens with one attached hydrogen (secondary N) is 1. The average molecular weight is 374 g/mol.